The fourth-order valence-corrected chi connectivity index (χ4v) is 3.52. The lowest BCUT2D eigenvalue weighted by Crippen LogP contribution is -2.68. The lowest BCUT2D eigenvalue weighted by atomic mass is 9.51. The van der Waals surface area contributed by atoms with Gasteiger partial charge in [0.2, 0.25) is 5.91 Å². The molecule has 2 fully saturated rings. The number of methoxy groups -OCH3 is 1. The first-order chi connectivity index (χ1) is 11.2. The average Bonchev–Trinajstić information content (AvgIpc) is 2.48. The van der Waals surface area contributed by atoms with Gasteiger partial charge in [-0.15, -0.1) is 24.0 Å². The van der Waals surface area contributed by atoms with Crippen LogP contribution in [0.5, 0.6) is 0 Å². The van der Waals surface area contributed by atoms with E-state index in [1.165, 1.54) is 19.3 Å². The molecule has 24 heavy (non-hydrogen) atoms. The van der Waals surface area contributed by atoms with Crippen LogP contribution in [0, 0.1) is 5.41 Å². The van der Waals surface area contributed by atoms with Crippen LogP contribution in [0.3, 0.4) is 0 Å². The van der Waals surface area contributed by atoms with Gasteiger partial charge in [0.1, 0.15) is 0 Å². The third-order valence-electron chi connectivity index (χ3n) is 5.02. The number of amides is 1. The highest BCUT2D eigenvalue weighted by molar-refractivity contribution is 14.0. The molecule has 2 rings (SSSR count). The Hall–Kier alpha value is -0.610. The number of hydrogen-bond donors (Lipinski definition) is 3. The van der Waals surface area contributed by atoms with Crippen LogP contribution in [0.4, 0.5) is 0 Å². The first-order valence-corrected chi connectivity index (χ1v) is 8.50. The van der Waals surface area contributed by atoms with Crippen molar-refractivity contribution >= 4 is 35.8 Å². The van der Waals surface area contributed by atoms with E-state index < -0.39 is 0 Å². The summed E-state index contributed by atoms with van der Waals surface area (Å²) in [5, 5.41) is 9.31. The Labute approximate surface area is 161 Å². The molecule has 3 N–H and O–H groups in total. The number of hydrogen-bond acceptors (Lipinski definition) is 4. The molecule has 2 saturated carbocycles. The normalized spacial score (nSPS) is 24.4. The van der Waals surface area contributed by atoms with Gasteiger partial charge in [0.05, 0.1) is 19.3 Å². The van der Waals surface area contributed by atoms with Crippen molar-refractivity contribution in [2.75, 3.05) is 40.5 Å². The number of nitrogens with zero attached hydrogens (tertiary/aromatic N) is 1. The predicted octanol–water partition coefficient (Wildman–Crippen LogP) is 0.880. The maximum Gasteiger partial charge on any atom is 0.239 e. The number of carbonyl (C=O) groups excluding carboxylic acids is 1. The van der Waals surface area contributed by atoms with E-state index in [0.717, 1.165) is 13.0 Å². The molecule has 2 atom stereocenters. The fraction of sp³-hybridized carbons (Fsp3) is 0.875. The van der Waals surface area contributed by atoms with Crippen molar-refractivity contribution < 1.29 is 14.3 Å². The molecule has 1 spiro atoms. The first kappa shape index (κ1) is 21.4. The quantitative estimate of drug-likeness (QED) is 0.220. The minimum Gasteiger partial charge on any atom is -0.383 e. The summed E-state index contributed by atoms with van der Waals surface area (Å²) in [7, 11) is 3.34. The molecule has 0 bridgehead atoms. The van der Waals surface area contributed by atoms with E-state index >= 15 is 0 Å². The summed E-state index contributed by atoms with van der Waals surface area (Å²) in [4.78, 5) is 15.9. The van der Waals surface area contributed by atoms with Crippen LogP contribution in [0.2, 0.25) is 0 Å². The highest BCUT2D eigenvalue weighted by Gasteiger charge is 2.59. The average molecular weight is 454 g/mol. The third-order valence-corrected chi connectivity index (χ3v) is 5.02. The molecule has 7 nitrogen and oxygen atoms in total. The second-order valence-electron chi connectivity index (χ2n) is 6.23. The summed E-state index contributed by atoms with van der Waals surface area (Å²) in [6.07, 6.45) is 5.08. The van der Waals surface area contributed by atoms with Gasteiger partial charge in [0.15, 0.2) is 5.96 Å². The number of halogens is 1. The van der Waals surface area contributed by atoms with Crippen LogP contribution in [0.15, 0.2) is 4.99 Å². The van der Waals surface area contributed by atoms with Crippen molar-refractivity contribution in [1.82, 2.24) is 16.0 Å². The summed E-state index contributed by atoms with van der Waals surface area (Å²) in [6, 6.07) is 0.385. The molecule has 0 radical (unpaired) electrons. The van der Waals surface area contributed by atoms with Crippen LogP contribution >= 0.6 is 24.0 Å². The van der Waals surface area contributed by atoms with E-state index in [0.29, 0.717) is 31.3 Å². The van der Waals surface area contributed by atoms with E-state index in [4.69, 9.17) is 9.47 Å². The molecule has 0 aromatic carbocycles. The van der Waals surface area contributed by atoms with Gasteiger partial charge in [-0.2, -0.15) is 0 Å². The zero-order chi connectivity index (χ0) is 16.7. The van der Waals surface area contributed by atoms with Crippen LogP contribution in [0.1, 0.15) is 32.6 Å². The van der Waals surface area contributed by atoms with Gasteiger partial charge in [-0.3, -0.25) is 9.79 Å². The summed E-state index contributed by atoms with van der Waals surface area (Å²) in [5.41, 5.74) is 0.272. The smallest absolute Gasteiger partial charge is 0.239 e. The van der Waals surface area contributed by atoms with E-state index in [2.05, 4.69) is 27.9 Å². The molecule has 2 aliphatic rings. The van der Waals surface area contributed by atoms with Crippen molar-refractivity contribution in [2.24, 2.45) is 10.4 Å². The molecule has 2 unspecified atom stereocenters. The van der Waals surface area contributed by atoms with Crippen LogP contribution in [-0.2, 0) is 14.3 Å². The van der Waals surface area contributed by atoms with Crippen LogP contribution in [-0.4, -0.2) is 64.5 Å². The van der Waals surface area contributed by atoms with E-state index in [1.807, 2.05) is 0 Å². The van der Waals surface area contributed by atoms with Gasteiger partial charge in [-0.05, 0) is 26.2 Å². The zero-order valence-electron chi connectivity index (χ0n) is 14.9. The Morgan fingerprint density at radius 3 is 2.62 bits per heavy atom. The van der Waals surface area contributed by atoms with Crippen LogP contribution < -0.4 is 16.0 Å². The second kappa shape index (κ2) is 10.4. The predicted molar refractivity (Wildman–Crippen MR) is 105 cm³/mol. The Balaban J connectivity index is 0.00000288. The molecule has 0 aromatic heterocycles. The lowest BCUT2D eigenvalue weighted by molar-refractivity contribution is -0.168. The highest BCUT2D eigenvalue weighted by Crippen LogP contribution is 2.57. The van der Waals surface area contributed by atoms with Gasteiger partial charge in [-0.1, -0.05) is 6.42 Å². The number of guanidine groups is 1. The van der Waals surface area contributed by atoms with Crippen molar-refractivity contribution in [2.45, 2.75) is 44.8 Å². The standard InChI is InChI=1S/C16H30N4O3.HI/c1-4-23-13-10-12(16(13)6-5-7-16)20-15(17-2)19-11-14(21)18-8-9-22-3;/h12-13H,4-11H2,1-3H3,(H,18,21)(H2,17,19,20);1H. The summed E-state index contributed by atoms with van der Waals surface area (Å²) in [6.45, 7) is 4.06. The number of carbonyl (C=O) groups is 1. The summed E-state index contributed by atoms with van der Waals surface area (Å²) >= 11 is 0. The van der Waals surface area contributed by atoms with Crippen molar-refractivity contribution in [1.29, 1.82) is 0 Å². The number of aliphatic imine (C=N–C) groups is 1. The first-order valence-electron chi connectivity index (χ1n) is 8.50. The van der Waals surface area contributed by atoms with Crippen molar-refractivity contribution in [3.63, 3.8) is 0 Å². The number of ether oxygens (including phenoxy) is 2. The van der Waals surface area contributed by atoms with Gasteiger partial charge in [-0.25, -0.2) is 0 Å². The molecular formula is C16H31IN4O3. The Morgan fingerprint density at radius 1 is 1.33 bits per heavy atom. The topological polar surface area (TPSA) is 84.0 Å². The minimum absolute atomic E-state index is 0. The molecule has 1 amide bonds. The summed E-state index contributed by atoms with van der Waals surface area (Å²) < 4.78 is 10.8. The SMILES string of the molecule is CCOC1CC(NC(=NC)NCC(=O)NCCOC)C12CCC2.I. The fourth-order valence-electron chi connectivity index (χ4n) is 3.52. The summed E-state index contributed by atoms with van der Waals surface area (Å²) in [5.74, 6) is 0.613. The Bertz CT molecular complexity index is 430. The number of rotatable bonds is 8. The van der Waals surface area contributed by atoms with E-state index in [1.54, 1.807) is 14.2 Å². The molecule has 0 aromatic rings. The van der Waals surface area contributed by atoms with Gasteiger partial charge >= 0.3 is 0 Å². The van der Waals surface area contributed by atoms with Crippen molar-refractivity contribution in [3.8, 4) is 0 Å². The molecule has 2 aliphatic carbocycles. The largest absolute Gasteiger partial charge is 0.383 e. The highest BCUT2D eigenvalue weighted by atomic mass is 127. The Kier molecular flexibility index (Phi) is 9.28. The van der Waals surface area contributed by atoms with Gasteiger partial charge < -0.3 is 25.4 Å². The third kappa shape index (κ3) is 4.95. The number of nitrogens with one attached hydrogen (secondary N) is 3. The Morgan fingerprint density at radius 2 is 2.08 bits per heavy atom. The maximum absolute atomic E-state index is 11.7. The molecule has 0 saturated heterocycles. The lowest BCUT2D eigenvalue weighted by Gasteiger charge is -2.61. The molecular weight excluding hydrogens is 423 g/mol. The molecule has 0 aliphatic heterocycles. The van der Waals surface area contributed by atoms with Crippen LogP contribution in [0.25, 0.3) is 0 Å². The second-order valence-corrected chi connectivity index (χ2v) is 6.23. The molecule has 140 valence electrons. The van der Waals surface area contributed by atoms with E-state index in [-0.39, 0.29) is 41.8 Å². The van der Waals surface area contributed by atoms with Gasteiger partial charge in [0, 0.05) is 38.8 Å². The minimum atomic E-state index is -0.0656. The van der Waals surface area contributed by atoms with E-state index in [9.17, 15) is 4.79 Å². The van der Waals surface area contributed by atoms with Crippen molar-refractivity contribution in [3.05, 3.63) is 0 Å². The molecule has 8 heteroatoms. The monoisotopic (exact) mass is 454 g/mol. The molecule has 0 heterocycles. The maximum atomic E-state index is 11.7. The van der Waals surface area contributed by atoms with Gasteiger partial charge in [0.25, 0.3) is 0 Å². The zero-order valence-corrected chi connectivity index (χ0v) is 17.2.